The number of hydrogen-bond acceptors (Lipinski definition) is 3. The van der Waals surface area contributed by atoms with Gasteiger partial charge in [0.1, 0.15) is 18.2 Å². The number of carbonyl (C=O) groups is 1. The molecule has 0 aliphatic carbocycles. The predicted molar refractivity (Wildman–Crippen MR) is 141 cm³/mol. The van der Waals surface area contributed by atoms with Crippen molar-refractivity contribution >= 4 is 22.6 Å². The number of para-hydroxylation sites is 4. The molecule has 35 heavy (non-hydrogen) atoms. The molecule has 1 aliphatic rings. The van der Waals surface area contributed by atoms with Crippen molar-refractivity contribution < 1.29 is 9.53 Å². The van der Waals surface area contributed by atoms with Crippen molar-refractivity contribution in [2.45, 2.75) is 52.5 Å². The summed E-state index contributed by atoms with van der Waals surface area (Å²) in [5.41, 5.74) is 6.56. The number of anilines is 1. The monoisotopic (exact) mass is 467 g/mol. The highest BCUT2D eigenvalue weighted by Gasteiger charge is 2.35. The Labute approximate surface area is 207 Å². The molecule has 3 aromatic carbocycles. The fourth-order valence-corrected chi connectivity index (χ4v) is 5.30. The Balaban J connectivity index is 1.42. The van der Waals surface area contributed by atoms with Gasteiger partial charge >= 0.3 is 0 Å². The molecule has 0 saturated carbocycles. The lowest BCUT2D eigenvalue weighted by Gasteiger charge is -2.22. The van der Waals surface area contributed by atoms with E-state index in [1.165, 1.54) is 5.56 Å². The van der Waals surface area contributed by atoms with Crippen LogP contribution in [-0.2, 0) is 11.3 Å². The van der Waals surface area contributed by atoms with Crippen LogP contribution in [0.3, 0.4) is 0 Å². The number of aryl methyl sites for hydroxylation is 2. The fraction of sp³-hybridized carbons (Fsp3) is 0.333. The van der Waals surface area contributed by atoms with Gasteiger partial charge in [0, 0.05) is 24.6 Å². The van der Waals surface area contributed by atoms with E-state index in [9.17, 15) is 4.79 Å². The van der Waals surface area contributed by atoms with E-state index in [2.05, 4.69) is 62.6 Å². The van der Waals surface area contributed by atoms with Crippen molar-refractivity contribution in [3.63, 3.8) is 0 Å². The average molecular weight is 468 g/mol. The van der Waals surface area contributed by atoms with Crippen molar-refractivity contribution in [3.8, 4) is 5.75 Å². The highest BCUT2D eigenvalue weighted by molar-refractivity contribution is 5.98. The second kappa shape index (κ2) is 9.57. The first-order chi connectivity index (χ1) is 16.9. The fourth-order valence-electron chi connectivity index (χ4n) is 5.30. The molecule has 2 heterocycles. The molecular weight excluding hydrogens is 434 g/mol. The number of carbonyl (C=O) groups excluding carboxylic acids is 1. The molecule has 0 N–H and O–H groups in total. The van der Waals surface area contributed by atoms with Crippen LogP contribution in [0.5, 0.6) is 5.75 Å². The number of fused-ring (bicyclic) bond motifs is 1. The van der Waals surface area contributed by atoms with E-state index < -0.39 is 0 Å². The van der Waals surface area contributed by atoms with Gasteiger partial charge in [-0.2, -0.15) is 0 Å². The number of ether oxygens (including phenoxy) is 1. The third-order valence-corrected chi connectivity index (χ3v) is 7.00. The molecule has 1 unspecified atom stereocenters. The Kier molecular flexibility index (Phi) is 6.33. The first-order valence-corrected chi connectivity index (χ1v) is 12.5. The molecule has 1 fully saturated rings. The van der Waals surface area contributed by atoms with Crippen molar-refractivity contribution in [3.05, 3.63) is 89.2 Å². The van der Waals surface area contributed by atoms with Gasteiger partial charge < -0.3 is 14.2 Å². The largest absolute Gasteiger partial charge is 0.491 e. The van der Waals surface area contributed by atoms with Crippen molar-refractivity contribution in [1.29, 1.82) is 0 Å². The second-order valence-corrected chi connectivity index (χ2v) is 9.80. The lowest BCUT2D eigenvalue weighted by atomic mass is 10.0. The Morgan fingerprint density at radius 3 is 2.46 bits per heavy atom. The van der Waals surface area contributed by atoms with Crippen LogP contribution in [0.15, 0.2) is 66.7 Å². The number of rotatable bonds is 7. The summed E-state index contributed by atoms with van der Waals surface area (Å²) in [7, 11) is 0. The molecule has 5 nitrogen and oxygen atoms in total. The topological polar surface area (TPSA) is 47.4 Å². The molecule has 0 radical (unpaired) electrons. The van der Waals surface area contributed by atoms with E-state index in [1.54, 1.807) is 0 Å². The van der Waals surface area contributed by atoms with Crippen LogP contribution in [0.4, 0.5) is 5.69 Å². The van der Waals surface area contributed by atoms with Crippen LogP contribution in [-0.4, -0.2) is 28.6 Å². The number of benzene rings is 3. The van der Waals surface area contributed by atoms with Gasteiger partial charge in [0.05, 0.1) is 17.6 Å². The SMILES string of the molecule is Cc1cccc(C)c1N1CC(c2nc3ccccc3n2CCOc2ccccc2C(C)C)CC1=O. The van der Waals surface area contributed by atoms with E-state index in [0.717, 1.165) is 39.4 Å². The van der Waals surface area contributed by atoms with E-state index >= 15 is 0 Å². The zero-order valence-electron chi connectivity index (χ0n) is 21.0. The molecule has 180 valence electrons. The molecule has 0 bridgehead atoms. The van der Waals surface area contributed by atoms with Crippen LogP contribution in [0.25, 0.3) is 11.0 Å². The van der Waals surface area contributed by atoms with Crippen molar-refractivity contribution in [2.24, 2.45) is 0 Å². The van der Waals surface area contributed by atoms with Gasteiger partial charge in [0.25, 0.3) is 0 Å². The molecule has 1 amide bonds. The molecule has 0 spiro atoms. The Hall–Kier alpha value is -3.60. The van der Waals surface area contributed by atoms with Crippen LogP contribution < -0.4 is 9.64 Å². The van der Waals surface area contributed by atoms with Gasteiger partial charge in [-0.3, -0.25) is 4.79 Å². The maximum atomic E-state index is 13.2. The highest BCUT2D eigenvalue weighted by Crippen LogP contribution is 2.36. The molecule has 1 saturated heterocycles. The lowest BCUT2D eigenvalue weighted by Crippen LogP contribution is -2.26. The summed E-state index contributed by atoms with van der Waals surface area (Å²) in [4.78, 5) is 20.1. The second-order valence-electron chi connectivity index (χ2n) is 9.80. The van der Waals surface area contributed by atoms with E-state index in [-0.39, 0.29) is 11.8 Å². The summed E-state index contributed by atoms with van der Waals surface area (Å²) in [6, 6.07) is 22.7. The number of amides is 1. The van der Waals surface area contributed by atoms with Crippen molar-refractivity contribution in [2.75, 3.05) is 18.1 Å². The maximum Gasteiger partial charge on any atom is 0.227 e. The molecule has 1 aromatic heterocycles. The molecule has 1 atom stereocenters. The Bertz CT molecular complexity index is 1350. The van der Waals surface area contributed by atoms with Gasteiger partial charge in [-0.1, -0.05) is 62.4 Å². The molecule has 5 rings (SSSR count). The van der Waals surface area contributed by atoms with E-state index in [0.29, 0.717) is 32.0 Å². The normalized spacial score (nSPS) is 16.0. The van der Waals surface area contributed by atoms with Gasteiger partial charge in [0.2, 0.25) is 5.91 Å². The van der Waals surface area contributed by atoms with Gasteiger partial charge in [-0.15, -0.1) is 0 Å². The molecule has 1 aliphatic heterocycles. The summed E-state index contributed by atoms with van der Waals surface area (Å²) in [6.45, 7) is 10.4. The van der Waals surface area contributed by atoms with Crippen LogP contribution in [0, 0.1) is 13.8 Å². The Morgan fingerprint density at radius 2 is 1.69 bits per heavy atom. The molecule has 5 heteroatoms. The summed E-state index contributed by atoms with van der Waals surface area (Å²) >= 11 is 0. The standard InChI is InChI=1S/C30H33N3O2/c1-20(2)24-12-5-8-15-27(24)35-17-16-32-26-14-7-6-13-25(26)31-30(32)23-18-28(34)33(19-23)29-21(3)10-9-11-22(29)4/h5-15,20,23H,16-19H2,1-4H3. The van der Waals surface area contributed by atoms with E-state index in [1.807, 2.05) is 41.3 Å². The van der Waals surface area contributed by atoms with E-state index in [4.69, 9.17) is 9.72 Å². The summed E-state index contributed by atoms with van der Waals surface area (Å²) in [5, 5.41) is 0. The smallest absolute Gasteiger partial charge is 0.227 e. The molecular formula is C30H33N3O2. The van der Waals surface area contributed by atoms with Crippen LogP contribution in [0.1, 0.15) is 54.6 Å². The summed E-state index contributed by atoms with van der Waals surface area (Å²) < 4.78 is 8.50. The van der Waals surface area contributed by atoms with Gasteiger partial charge in [-0.25, -0.2) is 4.98 Å². The number of imidazole rings is 1. The third kappa shape index (κ3) is 4.43. The van der Waals surface area contributed by atoms with Crippen LogP contribution >= 0.6 is 0 Å². The van der Waals surface area contributed by atoms with Crippen molar-refractivity contribution in [1.82, 2.24) is 9.55 Å². The quantitative estimate of drug-likeness (QED) is 0.317. The number of aromatic nitrogens is 2. The minimum atomic E-state index is 0.0388. The van der Waals surface area contributed by atoms with Gasteiger partial charge in [0.15, 0.2) is 0 Å². The zero-order valence-corrected chi connectivity index (χ0v) is 21.0. The first kappa shape index (κ1) is 23.2. The highest BCUT2D eigenvalue weighted by atomic mass is 16.5. The summed E-state index contributed by atoms with van der Waals surface area (Å²) in [5.74, 6) is 2.50. The van der Waals surface area contributed by atoms with Crippen LogP contribution in [0.2, 0.25) is 0 Å². The Morgan fingerprint density at radius 1 is 0.971 bits per heavy atom. The van der Waals surface area contributed by atoms with Gasteiger partial charge in [-0.05, 0) is 54.7 Å². The minimum absolute atomic E-state index is 0.0388. The number of nitrogens with zero attached hydrogens (tertiary/aromatic N) is 3. The average Bonchev–Trinajstić information content (AvgIpc) is 3.40. The predicted octanol–water partition coefficient (Wildman–Crippen LogP) is 6.38. The zero-order chi connectivity index (χ0) is 24.5. The molecule has 4 aromatic rings. The minimum Gasteiger partial charge on any atom is -0.491 e. The maximum absolute atomic E-state index is 13.2. The lowest BCUT2D eigenvalue weighted by molar-refractivity contribution is -0.117. The summed E-state index contributed by atoms with van der Waals surface area (Å²) in [6.07, 6.45) is 0.466. The first-order valence-electron chi connectivity index (χ1n) is 12.5. The third-order valence-electron chi connectivity index (χ3n) is 7.00. The number of hydrogen-bond donors (Lipinski definition) is 0.